The first-order chi connectivity index (χ1) is 8.35. The number of carbonyl (C=O) groups excluding carboxylic acids is 2. The second kappa shape index (κ2) is 11.2. The highest BCUT2D eigenvalue weighted by molar-refractivity contribution is 5.84. The first-order valence-electron chi connectivity index (χ1n) is 4.88. The Kier molecular flexibility index (Phi) is 12.0. The Hall–Kier alpha value is -0.940. The fourth-order valence-corrected chi connectivity index (χ4v) is 0.645. The van der Waals surface area contributed by atoms with Crippen molar-refractivity contribution in [1.82, 2.24) is 0 Å². The summed E-state index contributed by atoms with van der Waals surface area (Å²) in [7, 11) is 0. The number of aliphatic hydroxyl groups is 7. The Bertz CT molecular complexity index is 232. The molecule has 0 bridgehead atoms. The van der Waals surface area contributed by atoms with Crippen LogP contribution in [-0.4, -0.2) is 92.1 Å². The van der Waals surface area contributed by atoms with Gasteiger partial charge in [-0.05, 0) is 0 Å². The maximum absolute atomic E-state index is 10.5. The van der Waals surface area contributed by atoms with Crippen molar-refractivity contribution in [2.45, 2.75) is 24.4 Å². The van der Waals surface area contributed by atoms with E-state index in [9.17, 15) is 9.59 Å². The first kappa shape index (κ1) is 19.4. The van der Waals surface area contributed by atoms with Crippen LogP contribution in [0.1, 0.15) is 0 Å². The summed E-state index contributed by atoms with van der Waals surface area (Å²) in [5.41, 5.74) is 0. The van der Waals surface area contributed by atoms with Crippen molar-refractivity contribution >= 4 is 12.1 Å². The highest BCUT2D eigenvalue weighted by atomic mass is 16.4. The van der Waals surface area contributed by atoms with Gasteiger partial charge >= 0.3 is 0 Å². The molecule has 0 amide bonds. The van der Waals surface area contributed by atoms with E-state index in [1.54, 1.807) is 0 Å². The Morgan fingerprint density at radius 3 is 1.72 bits per heavy atom. The summed E-state index contributed by atoms with van der Waals surface area (Å²) in [6.45, 7) is -2.17. The molecular formula is C9H18O9. The average molecular weight is 270 g/mol. The summed E-state index contributed by atoms with van der Waals surface area (Å²) in [5, 5.41) is 59.0. The van der Waals surface area contributed by atoms with Gasteiger partial charge < -0.3 is 40.5 Å². The molecule has 0 saturated carbocycles. The second-order valence-corrected chi connectivity index (χ2v) is 3.20. The topological polar surface area (TPSA) is 176 Å². The molecule has 0 aliphatic carbocycles. The van der Waals surface area contributed by atoms with Gasteiger partial charge in [0, 0.05) is 0 Å². The van der Waals surface area contributed by atoms with Gasteiger partial charge in [-0.25, -0.2) is 0 Å². The molecule has 0 aliphatic heterocycles. The van der Waals surface area contributed by atoms with Crippen LogP contribution in [0.2, 0.25) is 0 Å². The van der Waals surface area contributed by atoms with Gasteiger partial charge in [-0.3, -0.25) is 4.79 Å². The zero-order chi connectivity index (χ0) is 14.7. The largest absolute Gasteiger partial charge is 0.394 e. The van der Waals surface area contributed by atoms with Crippen molar-refractivity contribution in [2.24, 2.45) is 0 Å². The molecule has 7 N–H and O–H groups in total. The van der Waals surface area contributed by atoms with E-state index in [4.69, 9.17) is 35.7 Å². The molecule has 0 aliphatic rings. The summed E-state index contributed by atoms with van der Waals surface area (Å²) in [6.07, 6.45) is -6.13. The van der Waals surface area contributed by atoms with Gasteiger partial charge in [0.1, 0.15) is 31.0 Å². The van der Waals surface area contributed by atoms with Crippen molar-refractivity contribution in [3.8, 4) is 0 Å². The fourth-order valence-electron chi connectivity index (χ4n) is 0.645. The van der Waals surface area contributed by atoms with Crippen LogP contribution in [-0.2, 0) is 9.59 Å². The molecule has 9 heteroatoms. The number of hydrogen-bond donors (Lipinski definition) is 7. The van der Waals surface area contributed by atoms with Gasteiger partial charge in [0.05, 0.1) is 13.2 Å². The first-order valence-corrected chi connectivity index (χ1v) is 4.88. The van der Waals surface area contributed by atoms with E-state index >= 15 is 0 Å². The third-order valence-electron chi connectivity index (χ3n) is 1.73. The number of Topliss-reactive ketones (excluding diaryl/α,β-unsaturated/α-hetero) is 1. The number of hydrogen-bond acceptors (Lipinski definition) is 9. The second-order valence-electron chi connectivity index (χ2n) is 3.20. The normalized spacial score (nSPS) is 16.8. The standard InChI is InChI=1S/C6H12O6.C3H6O3/c7-1-3(9)5(11)6(12)4(10)2-8;4-1-3(6)2-5/h3,5-9,11-12H,1-2H2;1,3,5-6H,2H2. The Morgan fingerprint density at radius 2 is 1.50 bits per heavy atom. The summed E-state index contributed by atoms with van der Waals surface area (Å²) in [4.78, 5) is 19.8. The Balaban J connectivity index is 0. The smallest absolute Gasteiger partial charge is 0.189 e. The lowest BCUT2D eigenvalue weighted by atomic mass is 10.1. The van der Waals surface area contributed by atoms with E-state index in [1.165, 1.54) is 0 Å². The molecule has 18 heavy (non-hydrogen) atoms. The molecular weight excluding hydrogens is 252 g/mol. The van der Waals surface area contributed by atoms with Crippen LogP contribution in [0.15, 0.2) is 0 Å². The molecule has 0 aromatic carbocycles. The number of ketones is 1. The molecule has 0 saturated heterocycles. The molecule has 0 fully saturated rings. The minimum absolute atomic E-state index is 0.278. The molecule has 0 radical (unpaired) electrons. The van der Waals surface area contributed by atoms with Crippen molar-refractivity contribution in [1.29, 1.82) is 0 Å². The Morgan fingerprint density at radius 1 is 1.00 bits per heavy atom. The lowest BCUT2D eigenvalue weighted by Gasteiger charge is -2.19. The lowest BCUT2D eigenvalue weighted by Crippen LogP contribution is -2.44. The maximum Gasteiger partial charge on any atom is 0.189 e. The van der Waals surface area contributed by atoms with E-state index < -0.39 is 50.0 Å². The van der Waals surface area contributed by atoms with Crippen LogP contribution in [0, 0.1) is 0 Å². The van der Waals surface area contributed by atoms with Gasteiger partial charge in [-0.1, -0.05) is 0 Å². The van der Waals surface area contributed by atoms with Crippen molar-refractivity contribution in [3.63, 3.8) is 0 Å². The Labute approximate surface area is 103 Å². The zero-order valence-corrected chi connectivity index (χ0v) is 9.46. The lowest BCUT2D eigenvalue weighted by molar-refractivity contribution is -0.142. The summed E-state index contributed by atoms with van der Waals surface area (Å²) in [6, 6.07) is 0. The number of aldehydes is 1. The number of rotatable bonds is 7. The zero-order valence-electron chi connectivity index (χ0n) is 9.46. The van der Waals surface area contributed by atoms with E-state index in [0.717, 1.165) is 0 Å². The van der Waals surface area contributed by atoms with Crippen LogP contribution in [0.4, 0.5) is 0 Å². The number of carbonyl (C=O) groups is 2. The molecule has 0 aromatic heterocycles. The molecule has 4 atom stereocenters. The van der Waals surface area contributed by atoms with Crippen LogP contribution < -0.4 is 0 Å². The highest BCUT2D eigenvalue weighted by Gasteiger charge is 2.28. The molecule has 0 aromatic rings. The predicted molar refractivity (Wildman–Crippen MR) is 56.4 cm³/mol. The van der Waals surface area contributed by atoms with Crippen molar-refractivity contribution in [2.75, 3.05) is 19.8 Å². The molecule has 0 spiro atoms. The quantitative estimate of drug-likeness (QED) is 0.224. The van der Waals surface area contributed by atoms with Gasteiger partial charge in [0.25, 0.3) is 0 Å². The van der Waals surface area contributed by atoms with Crippen LogP contribution in [0.25, 0.3) is 0 Å². The van der Waals surface area contributed by atoms with E-state index in [0.29, 0.717) is 0 Å². The minimum atomic E-state index is -1.86. The van der Waals surface area contributed by atoms with Crippen LogP contribution in [0.5, 0.6) is 0 Å². The third kappa shape index (κ3) is 8.20. The number of aliphatic hydroxyl groups excluding tert-OH is 7. The SMILES string of the molecule is O=C(CO)C(O)C(O)C(O)CO.O=CC(O)CO. The molecule has 9 nitrogen and oxygen atoms in total. The minimum Gasteiger partial charge on any atom is -0.394 e. The molecule has 108 valence electrons. The van der Waals surface area contributed by atoms with Crippen LogP contribution in [0.3, 0.4) is 0 Å². The summed E-state index contributed by atoms with van der Waals surface area (Å²) < 4.78 is 0. The molecule has 0 rings (SSSR count). The molecule has 4 unspecified atom stereocenters. The van der Waals surface area contributed by atoms with Gasteiger partial charge in [-0.2, -0.15) is 0 Å². The summed E-state index contributed by atoms with van der Waals surface area (Å²) in [5.74, 6) is -1.00. The van der Waals surface area contributed by atoms with Crippen molar-refractivity contribution in [3.05, 3.63) is 0 Å². The fraction of sp³-hybridized carbons (Fsp3) is 0.778. The molecule has 0 heterocycles. The van der Waals surface area contributed by atoms with Crippen LogP contribution >= 0.6 is 0 Å². The van der Waals surface area contributed by atoms with Gasteiger partial charge in [0.15, 0.2) is 12.1 Å². The third-order valence-corrected chi connectivity index (χ3v) is 1.73. The van der Waals surface area contributed by atoms with E-state index in [2.05, 4.69) is 0 Å². The van der Waals surface area contributed by atoms with Crippen molar-refractivity contribution < 1.29 is 45.3 Å². The highest BCUT2D eigenvalue weighted by Crippen LogP contribution is 2.00. The monoisotopic (exact) mass is 270 g/mol. The van der Waals surface area contributed by atoms with Gasteiger partial charge in [0.2, 0.25) is 0 Å². The van der Waals surface area contributed by atoms with E-state index in [-0.39, 0.29) is 6.29 Å². The van der Waals surface area contributed by atoms with E-state index in [1.807, 2.05) is 0 Å². The predicted octanol–water partition coefficient (Wildman–Crippen LogP) is -4.84. The average Bonchev–Trinajstić information content (AvgIpc) is 2.43. The maximum atomic E-state index is 10.5. The summed E-state index contributed by atoms with van der Waals surface area (Å²) >= 11 is 0. The van der Waals surface area contributed by atoms with Gasteiger partial charge in [-0.15, -0.1) is 0 Å².